The third-order valence-corrected chi connectivity index (χ3v) is 5.44. The number of hydrogen-bond acceptors (Lipinski definition) is 3. The summed E-state index contributed by atoms with van der Waals surface area (Å²) in [5.74, 6) is -0.170. The molecule has 1 saturated heterocycles. The standard InChI is InChI=1S/C21H30FN5O/c1-4-27-16(2)18(12-23-27)13-25(3)21(28)24-19-9-7-11-26(15-19)14-17-8-5-6-10-20(17)22/h5-6,8,10,12,19H,4,7,9,11,13-15H2,1-3H3,(H,24,28)/t19-/m1/s1. The zero-order valence-corrected chi connectivity index (χ0v) is 17.0. The fourth-order valence-electron chi connectivity index (χ4n) is 3.76. The lowest BCUT2D eigenvalue weighted by atomic mass is 10.0. The number of nitrogens with zero attached hydrogens (tertiary/aromatic N) is 4. The number of amides is 2. The number of carbonyl (C=O) groups excluding carboxylic acids is 1. The lowest BCUT2D eigenvalue weighted by molar-refractivity contribution is 0.166. The predicted molar refractivity (Wildman–Crippen MR) is 107 cm³/mol. The number of likely N-dealkylation sites (tertiary alicyclic amines) is 1. The second kappa shape index (κ2) is 9.19. The monoisotopic (exact) mass is 387 g/mol. The zero-order valence-electron chi connectivity index (χ0n) is 17.0. The smallest absolute Gasteiger partial charge is 0.317 e. The van der Waals surface area contributed by atoms with E-state index in [0.29, 0.717) is 18.7 Å². The predicted octanol–water partition coefficient (Wildman–Crippen LogP) is 3.16. The van der Waals surface area contributed by atoms with Crippen LogP contribution in [0.3, 0.4) is 0 Å². The van der Waals surface area contributed by atoms with Crippen LogP contribution in [-0.4, -0.2) is 51.8 Å². The highest BCUT2D eigenvalue weighted by Gasteiger charge is 2.23. The molecule has 0 unspecified atom stereocenters. The molecule has 1 atom stereocenters. The summed E-state index contributed by atoms with van der Waals surface area (Å²) in [5, 5.41) is 7.47. The van der Waals surface area contributed by atoms with Crippen molar-refractivity contribution >= 4 is 6.03 Å². The Morgan fingerprint density at radius 3 is 2.86 bits per heavy atom. The average Bonchev–Trinajstić information content (AvgIpc) is 3.03. The van der Waals surface area contributed by atoms with Crippen molar-refractivity contribution in [2.75, 3.05) is 20.1 Å². The van der Waals surface area contributed by atoms with Gasteiger partial charge in [-0.15, -0.1) is 0 Å². The minimum absolute atomic E-state index is 0.0786. The van der Waals surface area contributed by atoms with E-state index in [2.05, 4.69) is 22.2 Å². The van der Waals surface area contributed by atoms with Crippen LogP contribution in [-0.2, 0) is 19.6 Å². The van der Waals surface area contributed by atoms with Gasteiger partial charge in [0.25, 0.3) is 0 Å². The van der Waals surface area contributed by atoms with E-state index in [-0.39, 0.29) is 17.9 Å². The molecule has 2 aromatic rings. The maximum atomic E-state index is 13.9. The highest BCUT2D eigenvalue weighted by atomic mass is 19.1. The number of urea groups is 1. The maximum absolute atomic E-state index is 13.9. The van der Waals surface area contributed by atoms with Crippen LogP contribution in [0.4, 0.5) is 9.18 Å². The molecule has 2 amide bonds. The Morgan fingerprint density at radius 2 is 2.14 bits per heavy atom. The van der Waals surface area contributed by atoms with Crippen molar-refractivity contribution in [2.45, 2.75) is 52.4 Å². The van der Waals surface area contributed by atoms with Gasteiger partial charge in [-0.2, -0.15) is 5.10 Å². The van der Waals surface area contributed by atoms with Crippen molar-refractivity contribution in [3.8, 4) is 0 Å². The van der Waals surface area contributed by atoms with Crippen molar-refractivity contribution in [3.05, 3.63) is 53.1 Å². The van der Waals surface area contributed by atoms with E-state index in [0.717, 1.165) is 43.7 Å². The highest BCUT2D eigenvalue weighted by Crippen LogP contribution is 2.16. The largest absolute Gasteiger partial charge is 0.334 e. The number of piperidine rings is 1. The molecule has 0 saturated carbocycles. The number of aromatic nitrogens is 2. The summed E-state index contributed by atoms with van der Waals surface area (Å²) in [5.41, 5.74) is 2.86. The van der Waals surface area contributed by atoms with E-state index < -0.39 is 0 Å². The molecule has 1 fully saturated rings. The Bertz CT molecular complexity index is 806. The Balaban J connectivity index is 1.53. The van der Waals surface area contributed by atoms with Gasteiger partial charge >= 0.3 is 6.03 Å². The Kier molecular flexibility index (Phi) is 6.67. The zero-order chi connectivity index (χ0) is 20.1. The SMILES string of the molecule is CCn1ncc(CN(C)C(=O)N[C@@H]2CCCN(Cc3ccccc3F)C2)c1C. The first kappa shape index (κ1) is 20.3. The van der Waals surface area contributed by atoms with Crippen molar-refractivity contribution in [2.24, 2.45) is 0 Å². The van der Waals surface area contributed by atoms with E-state index in [1.807, 2.05) is 29.9 Å². The van der Waals surface area contributed by atoms with Gasteiger partial charge < -0.3 is 10.2 Å². The second-order valence-corrected chi connectivity index (χ2v) is 7.54. The van der Waals surface area contributed by atoms with Crippen LogP contribution < -0.4 is 5.32 Å². The van der Waals surface area contributed by atoms with Crippen molar-refractivity contribution in [1.29, 1.82) is 0 Å². The van der Waals surface area contributed by atoms with Gasteiger partial charge in [0.2, 0.25) is 0 Å². The topological polar surface area (TPSA) is 53.4 Å². The summed E-state index contributed by atoms with van der Waals surface area (Å²) < 4.78 is 15.8. The van der Waals surface area contributed by atoms with Crippen LogP contribution in [0.25, 0.3) is 0 Å². The summed E-state index contributed by atoms with van der Waals surface area (Å²) in [6.45, 7) is 7.66. The molecular formula is C21H30FN5O. The molecule has 1 aliphatic rings. The lowest BCUT2D eigenvalue weighted by Gasteiger charge is -2.34. The molecule has 3 rings (SSSR count). The van der Waals surface area contributed by atoms with Crippen molar-refractivity contribution in [3.63, 3.8) is 0 Å². The number of rotatable bonds is 6. The third kappa shape index (κ3) is 4.90. The molecule has 1 aromatic carbocycles. The summed E-state index contributed by atoms with van der Waals surface area (Å²) in [6.07, 6.45) is 3.77. The van der Waals surface area contributed by atoms with Gasteiger partial charge in [0.1, 0.15) is 5.82 Å². The van der Waals surface area contributed by atoms with Gasteiger partial charge in [-0.25, -0.2) is 9.18 Å². The molecule has 6 nitrogen and oxygen atoms in total. The van der Waals surface area contributed by atoms with Crippen LogP contribution >= 0.6 is 0 Å². The van der Waals surface area contributed by atoms with Crippen LogP contribution in [0, 0.1) is 12.7 Å². The molecule has 0 radical (unpaired) electrons. The number of nitrogens with one attached hydrogen (secondary N) is 1. The van der Waals surface area contributed by atoms with Gasteiger partial charge in [-0.05, 0) is 39.3 Å². The maximum Gasteiger partial charge on any atom is 0.317 e. The van der Waals surface area contributed by atoms with Crippen molar-refractivity contribution in [1.82, 2.24) is 24.9 Å². The summed E-state index contributed by atoms with van der Waals surface area (Å²) in [7, 11) is 1.80. The molecule has 0 aliphatic carbocycles. The molecule has 0 spiro atoms. The van der Waals surface area contributed by atoms with Gasteiger partial charge in [0, 0.05) is 49.5 Å². The summed E-state index contributed by atoms with van der Waals surface area (Å²) in [4.78, 5) is 16.5. The highest BCUT2D eigenvalue weighted by molar-refractivity contribution is 5.74. The summed E-state index contributed by atoms with van der Waals surface area (Å²) >= 11 is 0. The van der Waals surface area contributed by atoms with Crippen LogP contribution in [0.15, 0.2) is 30.5 Å². The first-order chi connectivity index (χ1) is 13.5. The molecule has 28 heavy (non-hydrogen) atoms. The molecule has 152 valence electrons. The number of aryl methyl sites for hydroxylation is 1. The molecule has 7 heteroatoms. The fraction of sp³-hybridized carbons (Fsp3) is 0.524. The van der Waals surface area contributed by atoms with E-state index in [4.69, 9.17) is 0 Å². The molecule has 1 aliphatic heterocycles. The summed E-state index contributed by atoms with van der Waals surface area (Å²) in [6, 6.07) is 6.88. The normalized spacial score (nSPS) is 17.5. The number of benzene rings is 1. The first-order valence-electron chi connectivity index (χ1n) is 9.96. The molecular weight excluding hydrogens is 357 g/mol. The fourth-order valence-corrected chi connectivity index (χ4v) is 3.76. The van der Waals surface area contributed by atoms with E-state index >= 15 is 0 Å². The Morgan fingerprint density at radius 1 is 1.36 bits per heavy atom. The van der Waals surface area contributed by atoms with Gasteiger partial charge in [0.05, 0.1) is 12.7 Å². The quantitative estimate of drug-likeness (QED) is 0.828. The first-order valence-corrected chi connectivity index (χ1v) is 9.96. The number of halogens is 1. The lowest BCUT2D eigenvalue weighted by Crippen LogP contribution is -2.50. The van der Waals surface area contributed by atoms with Gasteiger partial charge in [-0.1, -0.05) is 18.2 Å². The average molecular weight is 388 g/mol. The van der Waals surface area contributed by atoms with Gasteiger partial charge in [0.15, 0.2) is 0 Å². The van der Waals surface area contributed by atoms with E-state index in [1.165, 1.54) is 6.07 Å². The molecule has 0 bridgehead atoms. The Hall–Kier alpha value is -2.41. The minimum atomic E-state index is -0.170. The van der Waals surface area contributed by atoms with E-state index in [9.17, 15) is 9.18 Å². The van der Waals surface area contributed by atoms with Crippen molar-refractivity contribution < 1.29 is 9.18 Å². The van der Waals surface area contributed by atoms with Crippen LogP contribution in [0.1, 0.15) is 36.6 Å². The Labute approximate surface area is 166 Å². The second-order valence-electron chi connectivity index (χ2n) is 7.54. The van der Waals surface area contributed by atoms with Gasteiger partial charge in [-0.3, -0.25) is 9.58 Å². The molecule has 2 heterocycles. The number of hydrogen-bond donors (Lipinski definition) is 1. The third-order valence-electron chi connectivity index (χ3n) is 5.44. The van der Waals surface area contributed by atoms with Crippen LogP contribution in [0.2, 0.25) is 0 Å². The van der Waals surface area contributed by atoms with Crippen LogP contribution in [0.5, 0.6) is 0 Å². The molecule has 1 N–H and O–H groups in total. The minimum Gasteiger partial charge on any atom is -0.334 e. The van der Waals surface area contributed by atoms with E-state index in [1.54, 1.807) is 18.0 Å². The number of carbonyl (C=O) groups is 1. The molecule has 1 aromatic heterocycles.